The topological polar surface area (TPSA) is 75.7 Å². The first-order chi connectivity index (χ1) is 10.2. The maximum Gasteiger partial charge on any atom is 0.267 e. The van der Waals surface area contributed by atoms with E-state index in [0.29, 0.717) is 6.61 Å². The Bertz CT molecular complexity index is 604. The summed E-state index contributed by atoms with van der Waals surface area (Å²) in [5.74, 6) is -0.338. The van der Waals surface area contributed by atoms with Crippen LogP contribution in [-0.4, -0.2) is 46.0 Å². The highest BCUT2D eigenvalue weighted by atomic mass is 32.2. The fourth-order valence-electron chi connectivity index (χ4n) is 2.33. The number of carbonyl (C=O) groups is 1. The summed E-state index contributed by atoms with van der Waals surface area (Å²) in [5.41, 5.74) is 0. The molecule has 0 aromatic heterocycles. The normalized spacial score (nSPS) is 13.2. The van der Waals surface area contributed by atoms with Crippen molar-refractivity contribution in [1.29, 1.82) is 0 Å². The minimum absolute atomic E-state index is 0.0210. The fourth-order valence-corrected chi connectivity index (χ4v) is 3.47. The number of para-hydroxylation sites is 1. The number of likely N-dealkylation sites (N-methyl/N-ethyl adjacent to an activating group) is 1. The summed E-state index contributed by atoms with van der Waals surface area (Å²) in [6.07, 6.45) is 0. The number of amides is 1. The summed E-state index contributed by atoms with van der Waals surface area (Å²) in [6, 6.07) is 5.72. The molecule has 1 unspecified atom stereocenters. The number of nitrogens with one attached hydrogen (secondary N) is 1. The minimum Gasteiger partial charge on any atom is -0.492 e. The van der Waals surface area contributed by atoms with Gasteiger partial charge >= 0.3 is 0 Å². The highest BCUT2D eigenvalue weighted by Gasteiger charge is 2.29. The molecule has 0 saturated carbocycles. The monoisotopic (exact) mass is 328 g/mol. The van der Waals surface area contributed by atoms with Gasteiger partial charge in [0, 0.05) is 0 Å². The van der Waals surface area contributed by atoms with E-state index in [2.05, 4.69) is 4.72 Å². The quantitative estimate of drug-likeness (QED) is 0.820. The van der Waals surface area contributed by atoms with Crippen molar-refractivity contribution in [2.75, 3.05) is 20.7 Å². The van der Waals surface area contributed by atoms with E-state index in [-0.39, 0.29) is 16.6 Å². The molecule has 0 aliphatic heterocycles. The molecular formula is C15H24N2O4S. The predicted octanol–water partition coefficient (Wildman–Crippen LogP) is 1.48. The first kappa shape index (κ1) is 18.4. The Labute approximate surface area is 132 Å². The van der Waals surface area contributed by atoms with E-state index in [9.17, 15) is 13.2 Å². The molecule has 0 saturated heterocycles. The molecular weight excluding hydrogens is 304 g/mol. The Morgan fingerprint density at radius 1 is 1.27 bits per heavy atom. The molecule has 1 atom stereocenters. The van der Waals surface area contributed by atoms with Gasteiger partial charge in [0.1, 0.15) is 10.6 Å². The number of sulfonamides is 1. The van der Waals surface area contributed by atoms with Crippen molar-refractivity contribution in [2.24, 2.45) is 5.92 Å². The van der Waals surface area contributed by atoms with Crippen LogP contribution in [0.2, 0.25) is 0 Å². The zero-order valence-corrected chi connectivity index (χ0v) is 14.5. The molecule has 1 rings (SSSR count). The number of nitrogens with zero attached hydrogens (tertiary/aromatic N) is 1. The van der Waals surface area contributed by atoms with Crippen LogP contribution in [0.15, 0.2) is 29.2 Å². The van der Waals surface area contributed by atoms with Crippen LogP contribution in [0.5, 0.6) is 5.75 Å². The van der Waals surface area contributed by atoms with Gasteiger partial charge in [0.25, 0.3) is 15.9 Å². The maximum atomic E-state index is 12.5. The maximum absolute atomic E-state index is 12.5. The molecule has 1 amide bonds. The molecule has 1 aromatic rings. The lowest BCUT2D eigenvalue weighted by atomic mass is 10.0. The van der Waals surface area contributed by atoms with E-state index in [1.807, 2.05) is 13.8 Å². The van der Waals surface area contributed by atoms with Crippen molar-refractivity contribution < 1.29 is 17.9 Å². The lowest BCUT2D eigenvalue weighted by Crippen LogP contribution is -2.48. The Kier molecular flexibility index (Phi) is 6.37. The van der Waals surface area contributed by atoms with E-state index in [4.69, 9.17) is 4.74 Å². The van der Waals surface area contributed by atoms with Gasteiger partial charge in [-0.3, -0.25) is 9.69 Å². The zero-order valence-electron chi connectivity index (χ0n) is 13.7. The first-order valence-corrected chi connectivity index (χ1v) is 8.64. The van der Waals surface area contributed by atoms with Crippen LogP contribution >= 0.6 is 0 Å². The molecule has 124 valence electrons. The van der Waals surface area contributed by atoms with Gasteiger partial charge in [-0.2, -0.15) is 0 Å². The Hall–Kier alpha value is -1.60. The molecule has 0 aliphatic rings. The average molecular weight is 328 g/mol. The van der Waals surface area contributed by atoms with E-state index < -0.39 is 22.0 Å². The summed E-state index contributed by atoms with van der Waals surface area (Å²) in [7, 11) is -0.493. The number of carbonyl (C=O) groups excluding carboxylic acids is 1. The molecule has 0 aliphatic carbocycles. The zero-order chi connectivity index (χ0) is 16.9. The first-order valence-electron chi connectivity index (χ1n) is 7.15. The van der Waals surface area contributed by atoms with Gasteiger partial charge in [0.05, 0.1) is 12.6 Å². The highest BCUT2D eigenvalue weighted by Crippen LogP contribution is 2.23. The third-order valence-electron chi connectivity index (χ3n) is 3.13. The summed E-state index contributed by atoms with van der Waals surface area (Å²) < 4.78 is 32.4. The Morgan fingerprint density at radius 3 is 2.36 bits per heavy atom. The van der Waals surface area contributed by atoms with Crippen LogP contribution in [-0.2, 0) is 14.8 Å². The van der Waals surface area contributed by atoms with Gasteiger partial charge in [-0.25, -0.2) is 13.1 Å². The van der Waals surface area contributed by atoms with Gasteiger partial charge in [0.2, 0.25) is 0 Å². The average Bonchev–Trinajstić information content (AvgIpc) is 2.37. The molecule has 0 fully saturated rings. The second-order valence-electron chi connectivity index (χ2n) is 5.50. The molecule has 0 bridgehead atoms. The summed E-state index contributed by atoms with van der Waals surface area (Å²) in [5, 5.41) is 0. The second-order valence-corrected chi connectivity index (χ2v) is 7.15. The SMILES string of the molecule is CCOc1ccccc1S(=O)(=O)NC(=O)C(C(C)C)N(C)C. The second kappa shape index (κ2) is 7.60. The van der Waals surface area contributed by atoms with Crippen LogP contribution in [0.1, 0.15) is 20.8 Å². The summed E-state index contributed by atoms with van der Waals surface area (Å²) >= 11 is 0. The summed E-state index contributed by atoms with van der Waals surface area (Å²) in [4.78, 5) is 14.0. The molecule has 7 heteroatoms. The Balaban J connectivity index is 3.08. The fraction of sp³-hybridized carbons (Fsp3) is 0.533. The van der Waals surface area contributed by atoms with E-state index in [1.54, 1.807) is 44.1 Å². The van der Waals surface area contributed by atoms with Crippen molar-refractivity contribution in [1.82, 2.24) is 9.62 Å². The van der Waals surface area contributed by atoms with Gasteiger partial charge in [-0.1, -0.05) is 26.0 Å². The molecule has 0 radical (unpaired) electrons. The standard InChI is InChI=1S/C15H24N2O4S/c1-6-21-12-9-7-8-10-13(12)22(19,20)16-15(18)14(11(2)3)17(4)5/h7-11,14H,6H2,1-5H3,(H,16,18). The largest absolute Gasteiger partial charge is 0.492 e. The summed E-state index contributed by atoms with van der Waals surface area (Å²) in [6.45, 7) is 5.84. The van der Waals surface area contributed by atoms with E-state index in [1.165, 1.54) is 6.07 Å². The number of hydrogen-bond acceptors (Lipinski definition) is 5. The third kappa shape index (κ3) is 4.45. The minimum atomic E-state index is -3.98. The molecule has 22 heavy (non-hydrogen) atoms. The van der Waals surface area contributed by atoms with E-state index >= 15 is 0 Å². The molecule has 6 nitrogen and oxygen atoms in total. The van der Waals surface area contributed by atoms with Gasteiger partial charge in [0.15, 0.2) is 0 Å². The number of rotatable bonds is 7. The van der Waals surface area contributed by atoms with Crippen LogP contribution in [0.4, 0.5) is 0 Å². The van der Waals surface area contributed by atoms with Crippen LogP contribution in [0.3, 0.4) is 0 Å². The predicted molar refractivity (Wildman–Crippen MR) is 85.3 cm³/mol. The van der Waals surface area contributed by atoms with Gasteiger partial charge in [-0.15, -0.1) is 0 Å². The number of ether oxygens (including phenoxy) is 1. The Morgan fingerprint density at radius 2 is 1.86 bits per heavy atom. The van der Waals surface area contributed by atoms with Crippen molar-refractivity contribution in [2.45, 2.75) is 31.7 Å². The highest BCUT2D eigenvalue weighted by molar-refractivity contribution is 7.90. The van der Waals surface area contributed by atoms with Crippen molar-refractivity contribution in [3.05, 3.63) is 24.3 Å². The molecule has 0 heterocycles. The molecule has 1 N–H and O–H groups in total. The van der Waals surface area contributed by atoms with Gasteiger partial charge < -0.3 is 4.74 Å². The van der Waals surface area contributed by atoms with Crippen LogP contribution < -0.4 is 9.46 Å². The smallest absolute Gasteiger partial charge is 0.267 e. The van der Waals surface area contributed by atoms with Gasteiger partial charge in [-0.05, 0) is 39.1 Å². The third-order valence-corrected chi connectivity index (χ3v) is 4.52. The molecule has 0 spiro atoms. The van der Waals surface area contributed by atoms with E-state index in [0.717, 1.165) is 0 Å². The molecule has 1 aromatic carbocycles. The lowest BCUT2D eigenvalue weighted by Gasteiger charge is -2.26. The lowest BCUT2D eigenvalue weighted by molar-refractivity contribution is -0.125. The van der Waals surface area contributed by atoms with Crippen molar-refractivity contribution in [3.8, 4) is 5.75 Å². The van der Waals surface area contributed by atoms with Crippen molar-refractivity contribution in [3.63, 3.8) is 0 Å². The number of benzene rings is 1. The van der Waals surface area contributed by atoms with Crippen LogP contribution in [0.25, 0.3) is 0 Å². The van der Waals surface area contributed by atoms with Crippen LogP contribution in [0, 0.1) is 5.92 Å². The number of hydrogen-bond donors (Lipinski definition) is 1. The van der Waals surface area contributed by atoms with Crippen molar-refractivity contribution >= 4 is 15.9 Å².